The molecule has 0 spiro atoms. The Labute approximate surface area is 158 Å². The molecule has 140 valence electrons. The molecule has 2 fully saturated rings. The number of nitrogens with one attached hydrogen (secondary N) is 2. The Balaban J connectivity index is 1.51. The van der Waals surface area contributed by atoms with Crippen molar-refractivity contribution >= 4 is 17.8 Å². The zero-order valence-corrected chi connectivity index (χ0v) is 15.4. The van der Waals surface area contributed by atoms with Crippen molar-refractivity contribution in [2.24, 2.45) is 0 Å². The highest BCUT2D eigenvalue weighted by atomic mass is 16.2. The van der Waals surface area contributed by atoms with Crippen LogP contribution in [0.2, 0.25) is 0 Å². The third kappa shape index (κ3) is 3.77. The Morgan fingerprint density at radius 3 is 2.59 bits per heavy atom. The fourth-order valence-electron chi connectivity index (χ4n) is 3.52. The van der Waals surface area contributed by atoms with Crippen molar-refractivity contribution in [3.05, 3.63) is 41.6 Å². The molecule has 7 nitrogen and oxygen atoms in total. The summed E-state index contributed by atoms with van der Waals surface area (Å²) in [6, 6.07) is 8.83. The Kier molecular flexibility index (Phi) is 4.75. The smallest absolute Gasteiger partial charge is 0.251 e. The van der Waals surface area contributed by atoms with Gasteiger partial charge in [-0.25, -0.2) is 9.97 Å². The number of aromatic nitrogens is 2. The molecule has 2 saturated heterocycles. The van der Waals surface area contributed by atoms with Gasteiger partial charge in [0.05, 0.1) is 5.69 Å². The van der Waals surface area contributed by atoms with E-state index >= 15 is 0 Å². The molecule has 2 aliphatic rings. The molecular weight excluding hydrogens is 342 g/mol. The zero-order valence-electron chi connectivity index (χ0n) is 15.4. The molecule has 0 saturated carbocycles. The minimum absolute atomic E-state index is 0.120. The summed E-state index contributed by atoms with van der Waals surface area (Å²) < 4.78 is 0. The second-order valence-corrected chi connectivity index (χ2v) is 7.07. The number of benzene rings is 1. The van der Waals surface area contributed by atoms with Gasteiger partial charge in [-0.2, -0.15) is 0 Å². The van der Waals surface area contributed by atoms with Gasteiger partial charge >= 0.3 is 0 Å². The lowest BCUT2D eigenvalue weighted by Gasteiger charge is -2.16. The Morgan fingerprint density at radius 2 is 1.93 bits per heavy atom. The molecule has 0 radical (unpaired) electrons. The summed E-state index contributed by atoms with van der Waals surface area (Å²) in [5, 5.41) is 5.50. The van der Waals surface area contributed by atoms with Crippen molar-refractivity contribution in [3.8, 4) is 11.3 Å². The number of nitrogens with zero attached hydrogens (tertiary/aromatic N) is 3. The second-order valence-electron chi connectivity index (χ2n) is 7.07. The number of anilines is 1. The molecule has 0 bridgehead atoms. The molecule has 0 aliphatic carbocycles. The van der Waals surface area contributed by atoms with Crippen LogP contribution in [0, 0.1) is 6.92 Å². The Hall–Kier alpha value is -2.96. The van der Waals surface area contributed by atoms with Gasteiger partial charge in [0.1, 0.15) is 6.04 Å². The largest absolute Gasteiger partial charge is 0.354 e. The van der Waals surface area contributed by atoms with E-state index in [4.69, 9.17) is 4.98 Å². The Morgan fingerprint density at radius 1 is 1.19 bits per heavy atom. The minimum atomic E-state index is -0.440. The number of hydrogen-bond donors (Lipinski definition) is 2. The number of aryl methyl sites for hydroxylation is 1. The fraction of sp³-hybridized carbons (Fsp3) is 0.400. The van der Waals surface area contributed by atoms with Gasteiger partial charge in [0.15, 0.2) is 0 Å². The first kappa shape index (κ1) is 17.5. The highest BCUT2D eigenvalue weighted by Gasteiger charge is 2.25. The highest BCUT2D eigenvalue weighted by Crippen LogP contribution is 2.23. The van der Waals surface area contributed by atoms with Crippen LogP contribution >= 0.6 is 0 Å². The van der Waals surface area contributed by atoms with E-state index in [-0.39, 0.29) is 11.8 Å². The lowest BCUT2D eigenvalue weighted by atomic mass is 10.1. The highest BCUT2D eigenvalue weighted by molar-refractivity contribution is 5.98. The van der Waals surface area contributed by atoms with Gasteiger partial charge in [-0.1, -0.05) is 12.1 Å². The lowest BCUT2D eigenvalue weighted by molar-refractivity contribution is -0.120. The maximum absolute atomic E-state index is 12.4. The molecule has 4 rings (SSSR count). The van der Waals surface area contributed by atoms with Crippen molar-refractivity contribution in [1.29, 1.82) is 0 Å². The van der Waals surface area contributed by atoms with Crippen LogP contribution in [-0.2, 0) is 4.79 Å². The molecule has 1 unspecified atom stereocenters. The summed E-state index contributed by atoms with van der Waals surface area (Å²) >= 11 is 0. The van der Waals surface area contributed by atoms with Crippen molar-refractivity contribution in [2.75, 3.05) is 24.5 Å². The summed E-state index contributed by atoms with van der Waals surface area (Å²) in [4.78, 5) is 35.5. The predicted octanol–water partition coefficient (Wildman–Crippen LogP) is 1.67. The summed E-state index contributed by atoms with van der Waals surface area (Å²) in [5.41, 5.74) is 3.25. The summed E-state index contributed by atoms with van der Waals surface area (Å²) in [6.45, 7) is 4.57. The first-order valence-corrected chi connectivity index (χ1v) is 9.40. The molecule has 3 heterocycles. The van der Waals surface area contributed by atoms with Crippen LogP contribution < -0.4 is 15.5 Å². The van der Waals surface area contributed by atoms with Gasteiger partial charge in [-0.15, -0.1) is 0 Å². The first-order chi connectivity index (χ1) is 13.1. The topological polar surface area (TPSA) is 87.2 Å². The normalized spacial score (nSPS) is 19.2. The third-order valence-corrected chi connectivity index (χ3v) is 5.03. The molecule has 2 amide bonds. The van der Waals surface area contributed by atoms with E-state index in [1.807, 2.05) is 25.1 Å². The van der Waals surface area contributed by atoms with Crippen LogP contribution in [0.5, 0.6) is 0 Å². The van der Waals surface area contributed by atoms with Crippen molar-refractivity contribution < 1.29 is 9.59 Å². The van der Waals surface area contributed by atoms with Gasteiger partial charge in [-0.05, 0) is 44.4 Å². The number of carbonyl (C=O) groups excluding carboxylic acids is 2. The fourth-order valence-corrected chi connectivity index (χ4v) is 3.52. The van der Waals surface area contributed by atoms with Crippen LogP contribution in [0.25, 0.3) is 11.3 Å². The number of hydrogen-bond acceptors (Lipinski definition) is 5. The average molecular weight is 365 g/mol. The van der Waals surface area contributed by atoms with Crippen molar-refractivity contribution in [3.63, 3.8) is 0 Å². The number of rotatable bonds is 4. The van der Waals surface area contributed by atoms with Crippen LogP contribution in [0.1, 0.15) is 35.3 Å². The van der Waals surface area contributed by atoms with Crippen molar-refractivity contribution in [2.45, 2.75) is 32.2 Å². The molecule has 1 aromatic carbocycles. The number of amides is 2. The van der Waals surface area contributed by atoms with Gasteiger partial charge in [0.2, 0.25) is 11.9 Å². The predicted molar refractivity (Wildman–Crippen MR) is 103 cm³/mol. The molecule has 27 heavy (non-hydrogen) atoms. The van der Waals surface area contributed by atoms with E-state index in [0.29, 0.717) is 18.5 Å². The van der Waals surface area contributed by atoms with Crippen LogP contribution in [-0.4, -0.2) is 47.5 Å². The second kappa shape index (κ2) is 7.34. The summed E-state index contributed by atoms with van der Waals surface area (Å²) in [6.07, 6.45) is 2.98. The van der Waals surface area contributed by atoms with Crippen LogP contribution in [0.4, 0.5) is 5.95 Å². The van der Waals surface area contributed by atoms with E-state index in [2.05, 4.69) is 20.5 Å². The average Bonchev–Trinajstić information content (AvgIpc) is 3.34. The molecule has 2 N–H and O–H groups in total. The van der Waals surface area contributed by atoms with E-state index in [1.54, 1.807) is 12.1 Å². The summed E-state index contributed by atoms with van der Waals surface area (Å²) in [7, 11) is 0. The molecule has 7 heteroatoms. The van der Waals surface area contributed by atoms with Gasteiger partial charge < -0.3 is 15.5 Å². The monoisotopic (exact) mass is 365 g/mol. The maximum atomic E-state index is 12.4. The SMILES string of the molecule is Cc1cc(-c2ccc(C(=O)NC3CCNC3=O)cc2)nc(N2CCCC2)n1. The minimum Gasteiger partial charge on any atom is -0.354 e. The lowest BCUT2D eigenvalue weighted by Crippen LogP contribution is -2.40. The number of carbonyl (C=O) groups is 2. The summed E-state index contributed by atoms with van der Waals surface area (Å²) in [5.74, 6) is 0.419. The van der Waals surface area contributed by atoms with Crippen molar-refractivity contribution in [1.82, 2.24) is 20.6 Å². The maximum Gasteiger partial charge on any atom is 0.251 e. The molecule has 2 aliphatic heterocycles. The van der Waals surface area contributed by atoms with Crippen LogP contribution in [0.15, 0.2) is 30.3 Å². The van der Waals surface area contributed by atoms with Gasteiger partial charge in [-0.3, -0.25) is 9.59 Å². The van der Waals surface area contributed by atoms with Crippen LogP contribution in [0.3, 0.4) is 0 Å². The third-order valence-electron chi connectivity index (χ3n) is 5.03. The molecule has 2 aromatic rings. The van der Waals surface area contributed by atoms with Gasteiger partial charge in [0.25, 0.3) is 5.91 Å². The quantitative estimate of drug-likeness (QED) is 0.861. The van der Waals surface area contributed by atoms with Gasteiger partial charge in [0, 0.05) is 36.5 Å². The molecule has 1 aromatic heterocycles. The van der Waals surface area contributed by atoms with E-state index in [0.717, 1.165) is 36.0 Å². The standard InChI is InChI=1S/C20H23N5O2/c1-13-12-17(24-20(22-13)25-10-2-3-11-25)14-4-6-15(7-5-14)18(26)23-16-8-9-21-19(16)27/h4-7,12,16H,2-3,8-11H2,1H3,(H,21,27)(H,23,26). The zero-order chi connectivity index (χ0) is 18.8. The first-order valence-electron chi connectivity index (χ1n) is 9.40. The molecular formula is C20H23N5O2. The van der Waals surface area contributed by atoms with E-state index < -0.39 is 6.04 Å². The molecule has 1 atom stereocenters. The van der Waals surface area contributed by atoms with E-state index in [1.165, 1.54) is 12.8 Å². The Bertz CT molecular complexity index is 859. The van der Waals surface area contributed by atoms with E-state index in [9.17, 15) is 9.59 Å².